The number of nitrogens with zero attached hydrogens (tertiary/aromatic N) is 2. The van der Waals surface area contributed by atoms with E-state index in [9.17, 15) is 4.79 Å². The Hall–Kier alpha value is -2.50. The van der Waals surface area contributed by atoms with Crippen molar-refractivity contribution in [2.45, 2.75) is 19.9 Å². The van der Waals surface area contributed by atoms with Gasteiger partial charge in [-0.3, -0.25) is 9.48 Å². The van der Waals surface area contributed by atoms with Crippen LogP contribution in [0.3, 0.4) is 0 Å². The zero-order chi connectivity index (χ0) is 15.2. The first-order valence-corrected chi connectivity index (χ1v) is 6.70. The van der Waals surface area contributed by atoms with E-state index < -0.39 is 0 Å². The van der Waals surface area contributed by atoms with Crippen LogP contribution < -0.4 is 14.8 Å². The minimum absolute atomic E-state index is 0.0900. The van der Waals surface area contributed by atoms with Gasteiger partial charge in [0.15, 0.2) is 18.1 Å². The molecule has 0 radical (unpaired) electrons. The molecule has 0 saturated carbocycles. The highest BCUT2D eigenvalue weighted by Crippen LogP contribution is 2.25. The van der Waals surface area contributed by atoms with Gasteiger partial charge in [-0.15, -0.1) is 0 Å². The molecule has 112 valence electrons. The number of hydrogen-bond donors (Lipinski definition) is 1. The summed E-state index contributed by atoms with van der Waals surface area (Å²) in [5.74, 6) is 0.884. The number of amides is 1. The third-order valence-corrected chi connectivity index (χ3v) is 2.84. The third kappa shape index (κ3) is 3.98. The van der Waals surface area contributed by atoms with Crippen molar-refractivity contribution in [1.82, 2.24) is 9.78 Å². The number of anilines is 1. The maximum Gasteiger partial charge on any atom is 0.262 e. The van der Waals surface area contributed by atoms with Crippen molar-refractivity contribution in [2.24, 2.45) is 0 Å². The number of ether oxygens (including phenoxy) is 2. The molecule has 0 spiro atoms. The maximum absolute atomic E-state index is 11.9. The summed E-state index contributed by atoms with van der Waals surface area (Å²) >= 11 is 0. The topological polar surface area (TPSA) is 65.4 Å². The second kappa shape index (κ2) is 6.78. The predicted molar refractivity (Wildman–Crippen MR) is 79.7 cm³/mol. The molecule has 0 saturated heterocycles. The molecule has 0 aliphatic heterocycles. The Morgan fingerprint density at radius 1 is 1.33 bits per heavy atom. The summed E-state index contributed by atoms with van der Waals surface area (Å²) in [7, 11) is 1.56. The van der Waals surface area contributed by atoms with E-state index in [4.69, 9.17) is 9.47 Å². The third-order valence-electron chi connectivity index (χ3n) is 2.84. The van der Waals surface area contributed by atoms with Gasteiger partial charge in [0.05, 0.1) is 19.0 Å². The Balaban J connectivity index is 1.89. The molecular formula is C15H19N3O3. The number of aromatic nitrogens is 2. The minimum Gasteiger partial charge on any atom is -0.493 e. The van der Waals surface area contributed by atoms with E-state index in [2.05, 4.69) is 10.4 Å². The highest BCUT2D eigenvalue weighted by molar-refractivity contribution is 5.91. The van der Waals surface area contributed by atoms with Gasteiger partial charge in [0.25, 0.3) is 5.91 Å². The number of para-hydroxylation sites is 2. The SMILES string of the molecule is COc1ccccc1OCC(=O)Nc1cnn(C(C)C)c1. The quantitative estimate of drug-likeness (QED) is 0.887. The van der Waals surface area contributed by atoms with Gasteiger partial charge in [0.2, 0.25) is 0 Å². The van der Waals surface area contributed by atoms with Crippen LogP contribution in [0.25, 0.3) is 0 Å². The maximum atomic E-state index is 11.9. The van der Waals surface area contributed by atoms with Crippen molar-refractivity contribution in [3.05, 3.63) is 36.7 Å². The molecule has 0 bridgehead atoms. The lowest BCUT2D eigenvalue weighted by Crippen LogP contribution is -2.20. The lowest BCUT2D eigenvalue weighted by Gasteiger charge is -2.09. The number of methoxy groups -OCH3 is 1. The van der Waals surface area contributed by atoms with Crippen molar-refractivity contribution < 1.29 is 14.3 Å². The van der Waals surface area contributed by atoms with E-state index in [1.54, 1.807) is 36.3 Å². The monoisotopic (exact) mass is 289 g/mol. The zero-order valence-corrected chi connectivity index (χ0v) is 12.4. The van der Waals surface area contributed by atoms with Crippen LogP contribution in [0, 0.1) is 0 Å². The average molecular weight is 289 g/mol. The number of rotatable bonds is 6. The van der Waals surface area contributed by atoms with Crippen LogP contribution in [0.2, 0.25) is 0 Å². The molecule has 21 heavy (non-hydrogen) atoms. The number of hydrogen-bond acceptors (Lipinski definition) is 4. The van der Waals surface area contributed by atoms with Crippen LogP contribution >= 0.6 is 0 Å². The molecule has 6 nitrogen and oxygen atoms in total. The molecule has 2 rings (SSSR count). The van der Waals surface area contributed by atoms with Gasteiger partial charge in [-0.05, 0) is 26.0 Å². The molecule has 1 aromatic heterocycles. The van der Waals surface area contributed by atoms with E-state index in [0.717, 1.165) is 0 Å². The lowest BCUT2D eigenvalue weighted by atomic mass is 10.3. The van der Waals surface area contributed by atoms with Crippen molar-refractivity contribution in [1.29, 1.82) is 0 Å². The van der Waals surface area contributed by atoms with Gasteiger partial charge >= 0.3 is 0 Å². The Morgan fingerprint density at radius 2 is 2.05 bits per heavy atom. The van der Waals surface area contributed by atoms with Gasteiger partial charge in [-0.2, -0.15) is 5.10 Å². The number of carbonyl (C=O) groups is 1. The number of nitrogens with one attached hydrogen (secondary N) is 1. The summed E-state index contributed by atoms with van der Waals surface area (Å²) in [5, 5.41) is 6.89. The fourth-order valence-electron chi connectivity index (χ4n) is 1.76. The van der Waals surface area contributed by atoms with Gasteiger partial charge in [-0.25, -0.2) is 0 Å². The number of carbonyl (C=O) groups excluding carboxylic acids is 1. The highest BCUT2D eigenvalue weighted by Gasteiger charge is 2.09. The van der Waals surface area contributed by atoms with Crippen molar-refractivity contribution in [3.8, 4) is 11.5 Å². The largest absolute Gasteiger partial charge is 0.493 e. The lowest BCUT2D eigenvalue weighted by molar-refractivity contribution is -0.118. The molecule has 0 aliphatic carbocycles. The Bertz CT molecular complexity index is 608. The van der Waals surface area contributed by atoms with Gasteiger partial charge in [0, 0.05) is 12.2 Å². The van der Waals surface area contributed by atoms with Gasteiger partial charge in [0.1, 0.15) is 0 Å². The second-order valence-corrected chi connectivity index (χ2v) is 4.79. The first-order valence-electron chi connectivity index (χ1n) is 6.70. The second-order valence-electron chi connectivity index (χ2n) is 4.79. The summed E-state index contributed by atoms with van der Waals surface area (Å²) in [5.41, 5.74) is 0.650. The van der Waals surface area contributed by atoms with Crippen LogP contribution in [-0.2, 0) is 4.79 Å². The normalized spacial score (nSPS) is 10.5. The van der Waals surface area contributed by atoms with Crippen LogP contribution in [0.5, 0.6) is 11.5 Å². The van der Waals surface area contributed by atoms with Crippen molar-refractivity contribution in [2.75, 3.05) is 19.0 Å². The molecule has 1 heterocycles. The van der Waals surface area contributed by atoms with Gasteiger partial charge < -0.3 is 14.8 Å². The van der Waals surface area contributed by atoms with Crippen LogP contribution in [0.15, 0.2) is 36.7 Å². The summed E-state index contributed by atoms with van der Waals surface area (Å²) in [6.45, 7) is 3.94. The average Bonchev–Trinajstić information content (AvgIpc) is 2.94. The van der Waals surface area contributed by atoms with Crippen LogP contribution in [0.1, 0.15) is 19.9 Å². The molecule has 1 aromatic carbocycles. The van der Waals surface area contributed by atoms with E-state index >= 15 is 0 Å². The summed E-state index contributed by atoms with van der Waals surface area (Å²) in [4.78, 5) is 11.9. The molecule has 1 N–H and O–H groups in total. The predicted octanol–water partition coefficient (Wildman–Crippen LogP) is 2.49. The fourth-order valence-corrected chi connectivity index (χ4v) is 1.76. The molecule has 0 atom stereocenters. The summed E-state index contributed by atoms with van der Waals surface area (Å²) in [6, 6.07) is 7.44. The van der Waals surface area contributed by atoms with Crippen molar-refractivity contribution in [3.63, 3.8) is 0 Å². The standard InChI is InChI=1S/C15H19N3O3/c1-11(2)18-9-12(8-16-18)17-15(19)10-21-14-7-5-4-6-13(14)20-3/h4-9,11H,10H2,1-3H3,(H,17,19). The van der Waals surface area contributed by atoms with Gasteiger partial charge in [-0.1, -0.05) is 12.1 Å². The highest BCUT2D eigenvalue weighted by atomic mass is 16.5. The molecule has 2 aromatic rings. The summed E-state index contributed by atoms with van der Waals surface area (Å²) in [6.07, 6.45) is 3.40. The van der Waals surface area contributed by atoms with Crippen LogP contribution in [-0.4, -0.2) is 29.4 Å². The first-order chi connectivity index (χ1) is 10.1. The molecular weight excluding hydrogens is 270 g/mol. The fraction of sp³-hybridized carbons (Fsp3) is 0.333. The Morgan fingerprint density at radius 3 is 2.67 bits per heavy atom. The van der Waals surface area contributed by atoms with Crippen LogP contribution in [0.4, 0.5) is 5.69 Å². The van der Waals surface area contributed by atoms with E-state index in [1.165, 1.54) is 0 Å². The Kier molecular flexibility index (Phi) is 4.81. The van der Waals surface area contributed by atoms with E-state index in [1.807, 2.05) is 26.0 Å². The zero-order valence-electron chi connectivity index (χ0n) is 12.4. The molecule has 0 fully saturated rings. The molecule has 6 heteroatoms. The smallest absolute Gasteiger partial charge is 0.262 e. The number of benzene rings is 1. The molecule has 1 amide bonds. The van der Waals surface area contributed by atoms with E-state index in [0.29, 0.717) is 17.2 Å². The first kappa shape index (κ1) is 14.9. The minimum atomic E-state index is -0.246. The van der Waals surface area contributed by atoms with E-state index in [-0.39, 0.29) is 18.6 Å². The Labute approximate surface area is 123 Å². The molecule has 0 unspecified atom stereocenters. The summed E-state index contributed by atoms with van der Waals surface area (Å²) < 4.78 is 12.4. The van der Waals surface area contributed by atoms with Crippen molar-refractivity contribution >= 4 is 11.6 Å². The molecule has 0 aliphatic rings.